The summed E-state index contributed by atoms with van der Waals surface area (Å²) in [5, 5.41) is 0. The zero-order chi connectivity index (χ0) is 13.7. The lowest BCUT2D eigenvalue weighted by molar-refractivity contribution is 0.0147. The number of methoxy groups -OCH3 is 1. The standard InChI is InChI=1S/C15H24N2O2/c1-12-11-13(3-4-15(12)18-2)14(5-6-16)17-7-9-19-10-8-17/h3-4,11,14H,5-10,16H2,1-2H3. The molecule has 1 aliphatic rings. The van der Waals surface area contributed by atoms with Gasteiger partial charge in [-0.25, -0.2) is 0 Å². The van der Waals surface area contributed by atoms with Gasteiger partial charge in [-0.3, -0.25) is 4.90 Å². The van der Waals surface area contributed by atoms with Crippen molar-refractivity contribution in [2.75, 3.05) is 40.0 Å². The number of aryl methyl sites for hydroxylation is 1. The van der Waals surface area contributed by atoms with Gasteiger partial charge in [0.15, 0.2) is 0 Å². The Morgan fingerprint density at radius 3 is 2.68 bits per heavy atom. The van der Waals surface area contributed by atoms with E-state index in [4.69, 9.17) is 15.2 Å². The second-order valence-corrected chi connectivity index (χ2v) is 4.97. The van der Waals surface area contributed by atoms with Gasteiger partial charge >= 0.3 is 0 Å². The van der Waals surface area contributed by atoms with Gasteiger partial charge in [0.25, 0.3) is 0 Å². The van der Waals surface area contributed by atoms with Crippen molar-refractivity contribution in [1.29, 1.82) is 0 Å². The largest absolute Gasteiger partial charge is 0.496 e. The number of morpholine rings is 1. The van der Waals surface area contributed by atoms with Crippen LogP contribution in [-0.4, -0.2) is 44.9 Å². The van der Waals surface area contributed by atoms with Crippen LogP contribution in [0.25, 0.3) is 0 Å². The van der Waals surface area contributed by atoms with Crippen LogP contribution in [-0.2, 0) is 4.74 Å². The maximum absolute atomic E-state index is 5.78. The van der Waals surface area contributed by atoms with Gasteiger partial charge in [-0.1, -0.05) is 12.1 Å². The third-order valence-corrected chi connectivity index (χ3v) is 3.73. The molecule has 1 fully saturated rings. The molecule has 0 radical (unpaired) electrons. The van der Waals surface area contributed by atoms with E-state index in [0.717, 1.165) is 38.5 Å². The normalized spacial score (nSPS) is 18.3. The first-order valence-corrected chi connectivity index (χ1v) is 6.92. The van der Waals surface area contributed by atoms with Crippen molar-refractivity contribution < 1.29 is 9.47 Å². The third kappa shape index (κ3) is 3.47. The highest BCUT2D eigenvalue weighted by Crippen LogP contribution is 2.28. The molecule has 106 valence electrons. The van der Waals surface area contributed by atoms with Crippen LogP contribution in [0.2, 0.25) is 0 Å². The molecule has 0 saturated carbocycles. The number of hydrogen-bond donors (Lipinski definition) is 1. The van der Waals surface area contributed by atoms with Gasteiger partial charge < -0.3 is 15.2 Å². The van der Waals surface area contributed by atoms with Crippen molar-refractivity contribution in [2.45, 2.75) is 19.4 Å². The quantitative estimate of drug-likeness (QED) is 0.880. The van der Waals surface area contributed by atoms with Gasteiger partial charge in [0.2, 0.25) is 0 Å². The minimum Gasteiger partial charge on any atom is -0.496 e. The number of nitrogens with two attached hydrogens (primary N) is 1. The van der Waals surface area contributed by atoms with Crippen LogP contribution in [0.4, 0.5) is 0 Å². The van der Waals surface area contributed by atoms with Gasteiger partial charge in [0, 0.05) is 19.1 Å². The Kier molecular flexibility index (Phi) is 5.19. The van der Waals surface area contributed by atoms with Gasteiger partial charge in [-0.2, -0.15) is 0 Å². The van der Waals surface area contributed by atoms with Crippen LogP contribution in [0.15, 0.2) is 18.2 Å². The predicted molar refractivity (Wildman–Crippen MR) is 76.5 cm³/mol. The molecule has 0 spiro atoms. The van der Waals surface area contributed by atoms with E-state index in [1.807, 2.05) is 0 Å². The molecule has 1 aromatic rings. The summed E-state index contributed by atoms with van der Waals surface area (Å²) in [6.07, 6.45) is 0.978. The van der Waals surface area contributed by atoms with E-state index in [9.17, 15) is 0 Å². The SMILES string of the molecule is COc1ccc(C(CCN)N2CCOCC2)cc1C. The van der Waals surface area contributed by atoms with Gasteiger partial charge in [-0.15, -0.1) is 0 Å². The highest BCUT2D eigenvalue weighted by Gasteiger charge is 2.22. The summed E-state index contributed by atoms with van der Waals surface area (Å²) < 4.78 is 10.8. The summed E-state index contributed by atoms with van der Waals surface area (Å²) in [5.41, 5.74) is 8.29. The fourth-order valence-electron chi connectivity index (χ4n) is 2.72. The van der Waals surface area contributed by atoms with E-state index in [-0.39, 0.29) is 0 Å². The number of hydrogen-bond acceptors (Lipinski definition) is 4. The van der Waals surface area contributed by atoms with E-state index in [1.54, 1.807) is 7.11 Å². The summed E-state index contributed by atoms with van der Waals surface area (Å²) in [4.78, 5) is 2.47. The van der Waals surface area contributed by atoms with E-state index in [0.29, 0.717) is 12.6 Å². The van der Waals surface area contributed by atoms with Gasteiger partial charge in [0.05, 0.1) is 20.3 Å². The molecule has 1 atom stereocenters. The van der Waals surface area contributed by atoms with Crippen LogP contribution in [0.3, 0.4) is 0 Å². The van der Waals surface area contributed by atoms with Gasteiger partial charge in [0.1, 0.15) is 5.75 Å². The van der Waals surface area contributed by atoms with Crippen molar-refractivity contribution >= 4 is 0 Å². The smallest absolute Gasteiger partial charge is 0.121 e. The molecular formula is C15H24N2O2. The summed E-state index contributed by atoms with van der Waals surface area (Å²) in [6.45, 7) is 6.38. The number of ether oxygens (including phenoxy) is 2. The number of benzene rings is 1. The lowest BCUT2D eigenvalue weighted by Gasteiger charge is -2.35. The Morgan fingerprint density at radius 2 is 2.11 bits per heavy atom. The zero-order valence-electron chi connectivity index (χ0n) is 11.9. The molecule has 2 N–H and O–H groups in total. The topological polar surface area (TPSA) is 47.7 Å². The van der Waals surface area contributed by atoms with Crippen LogP contribution < -0.4 is 10.5 Å². The molecule has 1 heterocycles. The van der Waals surface area contributed by atoms with Crippen LogP contribution in [0.1, 0.15) is 23.6 Å². The van der Waals surface area contributed by atoms with E-state index < -0.39 is 0 Å². The molecule has 0 amide bonds. The molecule has 1 saturated heterocycles. The van der Waals surface area contributed by atoms with Crippen molar-refractivity contribution in [3.8, 4) is 5.75 Å². The van der Waals surface area contributed by atoms with Crippen molar-refractivity contribution in [3.05, 3.63) is 29.3 Å². The second-order valence-electron chi connectivity index (χ2n) is 4.97. The zero-order valence-corrected chi connectivity index (χ0v) is 11.9. The molecule has 1 aromatic carbocycles. The predicted octanol–water partition coefficient (Wildman–Crippen LogP) is 1.73. The summed E-state index contributed by atoms with van der Waals surface area (Å²) >= 11 is 0. The highest BCUT2D eigenvalue weighted by atomic mass is 16.5. The van der Waals surface area contributed by atoms with Crippen LogP contribution >= 0.6 is 0 Å². The van der Waals surface area contributed by atoms with Crippen molar-refractivity contribution in [2.24, 2.45) is 5.73 Å². The fourth-order valence-corrected chi connectivity index (χ4v) is 2.72. The number of nitrogens with zero attached hydrogens (tertiary/aromatic N) is 1. The number of rotatable bonds is 5. The average Bonchev–Trinajstić information content (AvgIpc) is 2.45. The lowest BCUT2D eigenvalue weighted by Crippen LogP contribution is -2.39. The average molecular weight is 264 g/mol. The molecular weight excluding hydrogens is 240 g/mol. The minimum atomic E-state index is 0.388. The van der Waals surface area contributed by atoms with E-state index in [1.165, 1.54) is 11.1 Å². The molecule has 1 unspecified atom stereocenters. The maximum atomic E-state index is 5.78. The Hall–Kier alpha value is -1.10. The lowest BCUT2D eigenvalue weighted by atomic mass is 9.99. The Balaban J connectivity index is 2.19. The fraction of sp³-hybridized carbons (Fsp3) is 0.600. The minimum absolute atomic E-state index is 0.388. The monoisotopic (exact) mass is 264 g/mol. The molecule has 0 aliphatic carbocycles. The molecule has 2 rings (SSSR count). The Labute approximate surface area is 115 Å². The van der Waals surface area contributed by atoms with Crippen LogP contribution in [0, 0.1) is 6.92 Å². The van der Waals surface area contributed by atoms with Crippen molar-refractivity contribution in [1.82, 2.24) is 4.90 Å². The van der Waals surface area contributed by atoms with E-state index in [2.05, 4.69) is 30.0 Å². The molecule has 4 heteroatoms. The summed E-state index contributed by atoms with van der Waals surface area (Å²) in [7, 11) is 1.71. The van der Waals surface area contributed by atoms with Crippen molar-refractivity contribution in [3.63, 3.8) is 0 Å². The molecule has 0 aromatic heterocycles. The molecule has 1 aliphatic heterocycles. The van der Waals surface area contributed by atoms with E-state index >= 15 is 0 Å². The maximum Gasteiger partial charge on any atom is 0.121 e. The van der Waals surface area contributed by atoms with Gasteiger partial charge in [-0.05, 0) is 37.1 Å². The molecule has 19 heavy (non-hydrogen) atoms. The first kappa shape index (κ1) is 14.3. The Bertz CT molecular complexity index is 403. The Morgan fingerprint density at radius 1 is 1.37 bits per heavy atom. The second kappa shape index (κ2) is 6.89. The molecule has 0 bridgehead atoms. The summed E-state index contributed by atoms with van der Waals surface area (Å²) in [6, 6.07) is 6.81. The first-order chi connectivity index (χ1) is 9.26. The molecule has 4 nitrogen and oxygen atoms in total. The first-order valence-electron chi connectivity index (χ1n) is 6.92. The highest BCUT2D eigenvalue weighted by molar-refractivity contribution is 5.37. The summed E-state index contributed by atoms with van der Waals surface area (Å²) in [5.74, 6) is 0.942. The van der Waals surface area contributed by atoms with Crippen LogP contribution in [0.5, 0.6) is 5.75 Å². The third-order valence-electron chi connectivity index (χ3n) is 3.73.